The summed E-state index contributed by atoms with van der Waals surface area (Å²) in [6, 6.07) is 12.2. The van der Waals surface area contributed by atoms with Crippen LogP contribution in [0, 0.1) is 12.8 Å². The molecule has 0 unspecified atom stereocenters. The molecule has 4 rings (SSSR count). The van der Waals surface area contributed by atoms with Gasteiger partial charge in [-0.2, -0.15) is 0 Å². The number of nitrogens with zero attached hydrogens (tertiary/aromatic N) is 3. The average Bonchev–Trinajstić information content (AvgIpc) is 3.40. The molecule has 170 valence electrons. The maximum atomic E-state index is 12.5. The highest BCUT2D eigenvalue weighted by Gasteiger charge is 2.19. The van der Waals surface area contributed by atoms with Crippen LogP contribution >= 0.6 is 34.4 Å². The number of carbonyl (C=O) groups excluding carboxylic acids is 2. The summed E-state index contributed by atoms with van der Waals surface area (Å²) in [6.45, 7) is 6.05. The summed E-state index contributed by atoms with van der Waals surface area (Å²) in [5.74, 6) is -0.290. The van der Waals surface area contributed by atoms with Gasteiger partial charge < -0.3 is 10.1 Å². The van der Waals surface area contributed by atoms with Crippen LogP contribution in [0.4, 0.5) is 5.13 Å². The molecular formula is C23H22N4O3S3. The van der Waals surface area contributed by atoms with Gasteiger partial charge in [0.05, 0.1) is 12.4 Å². The molecule has 0 spiro atoms. The monoisotopic (exact) mass is 498 g/mol. The number of thiazole rings is 1. The third-order valence-electron chi connectivity index (χ3n) is 4.48. The van der Waals surface area contributed by atoms with Gasteiger partial charge >= 0.3 is 5.97 Å². The van der Waals surface area contributed by atoms with Crippen LogP contribution in [0.15, 0.2) is 47.8 Å². The molecule has 0 atom stereocenters. The van der Waals surface area contributed by atoms with Crippen LogP contribution in [-0.2, 0) is 9.53 Å². The number of rotatable bonds is 8. The first-order valence-corrected chi connectivity index (χ1v) is 12.9. The molecule has 0 saturated heterocycles. The van der Waals surface area contributed by atoms with Gasteiger partial charge in [0.1, 0.15) is 16.2 Å². The fourth-order valence-corrected chi connectivity index (χ4v) is 5.59. The second-order valence-corrected chi connectivity index (χ2v) is 10.8. The highest BCUT2D eigenvalue weighted by molar-refractivity contribution is 8.00. The van der Waals surface area contributed by atoms with E-state index in [4.69, 9.17) is 4.74 Å². The molecular weight excluding hydrogens is 476 g/mol. The van der Waals surface area contributed by atoms with Crippen molar-refractivity contribution in [1.82, 2.24) is 15.0 Å². The number of aryl methyl sites for hydroxylation is 1. The van der Waals surface area contributed by atoms with Crippen molar-refractivity contribution in [3.05, 3.63) is 53.3 Å². The minimum absolute atomic E-state index is 0.161. The average molecular weight is 499 g/mol. The van der Waals surface area contributed by atoms with Crippen molar-refractivity contribution in [2.24, 2.45) is 5.92 Å². The van der Waals surface area contributed by atoms with Crippen molar-refractivity contribution >= 4 is 61.7 Å². The molecule has 4 aromatic rings. The van der Waals surface area contributed by atoms with Gasteiger partial charge in [-0.25, -0.2) is 19.7 Å². The fraction of sp³-hybridized carbons (Fsp3) is 0.261. The smallest absolute Gasteiger partial charge is 0.358 e. The Morgan fingerprint density at radius 1 is 1.15 bits per heavy atom. The van der Waals surface area contributed by atoms with Gasteiger partial charge in [0, 0.05) is 15.1 Å². The van der Waals surface area contributed by atoms with Crippen LogP contribution in [0.3, 0.4) is 0 Å². The Balaban J connectivity index is 1.41. The molecule has 1 amide bonds. The minimum Gasteiger partial charge on any atom is -0.461 e. The lowest BCUT2D eigenvalue weighted by Gasteiger charge is -2.05. The number of aromatic nitrogens is 3. The summed E-state index contributed by atoms with van der Waals surface area (Å²) in [5.41, 5.74) is 1.36. The van der Waals surface area contributed by atoms with Gasteiger partial charge in [-0.05, 0) is 24.5 Å². The quantitative estimate of drug-likeness (QED) is 0.190. The second-order valence-electron chi connectivity index (χ2n) is 7.63. The number of thioether (sulfide) groups is 1. The van der Waals surface area contributed by atoms with E-state index in [1.54, 1.807) is 18.3 Å². The number of thiophene rings is 1. The van der Waals surface area contributed by atoms with Gasteiger partial charge in [0.25, 0.3) is 0 Å². The molecule has 0 radical (unpaired) electrons. The van der Waals surface area contributed by atoms with Crippen molar-refractivity contribution in [3.8, 4) is 10.4 Å². The van der Waals surface area contributed by atoms with Crippen molar-refractivity contribution < 1.29 is 14.3 Å². The van der Waals surface area contributed by atoms with Gasteiger partial charge in [0.15, 0.2) is 10.8 Å². The molecule has 0 aliphatic heterocycles. The second kappa shape index (κ2) is 10.4. The van der Waals surface area contributed by atoms with E-state index >= 15 is 0 Å². The lowest BCUT2D eigenvalue weighted by molar-refractivity contribution is -0.113. The minimum atomic E-state index is -0.470. The number of hydrogen-bond acceptors (Lipinski definition) is 9. The topological polar surface area (TPSA) is 94.1 Å². The van der Waals surface area contributed by atoms with Gasteiger partial charge in [-0.1, -0.05) is 55.9 Å². The van der Waals surface area contributed by atoms with E-state index in [-0.39, 0.29) is 23.3 Å². The predicted molar refractivity (Wildman–Crippen MR) is 134 cm³/mol. The first-order valence-electron chi connectivity index (χ1n) is 10.3. The summed E-state index contributed by atoms with van der Waals surface area (Å²) in [5, 5.41) is 4.83. The molecule has 1 aromatic carbocycles. The Hall–Kier alpha value is -2.82. The van der Waals surface area contributed by atoms with Crippen LogP contribution in [0.5, 0.6) is 0 Å². The molecule has 1 N–H and O–H groups in total. The fourth-order valence-electron chi connectivity index (χ4n) is 2.93. The summed E-state index contributed by atoms with van der Waals surface area (Å²) >= 11 is 4.19. The normalized spacial score (nSPS) is 11.2. The Labute approximate surface area is 203 Å². The standard InChI is InChI=1S/C23H22N4O3S3/c1-13(2)10-30-22(29)19-14(3)32-23(27-19)26-18(28)11-31-20-16-9-17(15-7-5-4-6-8-15)33-21(16)25-12-24-20/h4-9,12-13H,10-11H2,1-3H3,(H,26,27,28). The van der Waals surface area contributed by atoms with E-state index in [0.717, 1.165) is 25.7 Å². The van der Waals surface area contributed by atoms with E-state index in [1.807, 2.05) is 32.0 Å². The number of benzene rings is 1. The molecule has 3 heterocycles. The SMILES string of the molecule is Cc1sc(NC(=O)CSc2ncnc3sc(-c4ccccc4)cc23)nc1C(=O)OCC(C)C. The van der Waals surface area contributed by atoms with Crippen molar-refractivity contribution in [1.29, 1.82) is 0 Å². The van der Waals surface area contributed by atoms with E-state index in [9.17, 15) is 9.59 Å². The van der Waals surface area contributed by atoms with Crippen molar-refractivity contribution in [2.45, 2.75) is 25.8 Å². The summed E-state index contributed by atoms with van der Waals surface area (Å²) in [6.07, 6.45) is 1.52. The summed E-state index contributed by atoms with van der Waals surface area (Å²) in [4.78, 5) is 40.4. The van der Waals surface area contributed by atoms with E-state index in [2.05, 4.69) is 38.5 Å². The van der Waals surface area contributed by atoms with Crippen LogP contribution in [0.2, 0.25) is 0 Å². The number of esters is 1. The Morgan fingerprint density at radius 3 is 2.70 bits per heavy atom. The highest BCUT2D eigenvalue weighted by Crippen LogP contribution is 2.36. The zero-order valence-corrected chi connectivity index (χ0v) is 20.8. The van der Waals surface area contributed by atoms with Crippen LogP contribution in [-0.4, -0.2) is 39.2 Å². The molecule has 0 aliphatic rings. The van der Waals surface area contributed by atoms with Gasteiger partial charge in [-0.3, -0.25) is 4.79 Å². The van der Waals surface area contributed by atoms with Crippen molar-refractivity contribution in [2.75, 3.05) is 17.7 Å². The lowest BCUT2D eigenvalue weighted by Crippen LogP contribution is -2.15. The van der Waals surface area contributed by atoms with E-state index < -0.39 is 5.97 Å². The molecule has 3 aromatic heterocycles. The number of nitrogens with one attached hydrogen (secondary N) is 1. The predicted octanol–water partition coefficient (Wildman–Crippen LogP) is 5.67. The highest BCUT2D eigenvalue weighted by atomic mass is 32.2. The molecule has 33 heavy (non-hydrogen) atoms. The van der Waals surface area contributed by atoms with Crippen LogP contribution in [0.25, 0.3) is 20.7 Å². The molecule has 7 nitrogen and oxygen atoms in total. The van der Waals surface area contributed by atoms with Gasteiger partial charge in [0.2, 0.25) is 5.91 Å². The number of ether oxygens (including phenoxy) is 1. The number of anilines is 1. The Morgan fingerprint density at radius 2 is 1.94 bits per heavy atom. The summed E-state index contributed by atoms with van der Waals surface area (Å²) < 4.78 is 5.24. The number of amides is 1. The first kappa shape index (κ1) is 23.3. The lowest BCUT2D eigenvalue weighted by atomic mass is 10.2. The largest absolute Gasteiger partial charge is 0.461 e. The van der Waals surface area contributed by atoms with E-state index in [1.165, 1.54) is 29.4 Å². The molecule has 0 aliphatic carbocycles. The third kappa shape index (κ3) is 5.76. The maximum absolute atomic E-state index is 12.5. The van der Waals surface area contributed by atoms with Crippen LogP contribution < -0.4 is 5.32 Å². The van der Waals surface area contributed by atoms with Gasteiger partial charge in [-0.15, -0.1) is 22.7 Å². The Bertz CT molecular complexity index is 1280. The summed E-state index contributed by atoms with van der Waals surface area (Å²) in [7, 11) is 0. The van der Waals surface area contributed by atoms with Crippen LogP contribution in [0.1, 0.15) is 29.2 Å². The van der Waals surface area contributed by atoms with Crippen molar-refractivity contribution in [3.63, 3.8) is 0 Å². The first-order chi connectivity index (χ1) is 15.9. The molecule has 10 heteroatoms. The molecule has 0 saturated carbocycles. The molecule has 0 fully saturated rings. The maximum Gasteiger partial charge on any atom is 0.358 e. The number of hydrogen-bond donors (Lipinski definition) is 1. The number of fused-ring (bicyclic) bond motifs is 1. The zero-order chi connectivity index (χ0) is 23.4. The number of carbonyl (C=O) groups is 2. The molecule has 0 bridgehead atoms. The van der Waals surface area contributed by atoms with E-state index in [0.29, 0.717) is 16.6 Å². The zero-order valence-electron chi connectivity index (χ0n) is 18.3. The Kier molecular flexibility index (Phi) is 7.36. The third-order valence-corrected chi connectivity index (χ3v) is 7.46.